The van der Waals surface area contributed by atoms with Crippen molar-refractivity contribution in [2.75, 3.05) is 26.0 Å². The number of methoxy groups -OCH3 is 1. The number of benzene rings is 1. The van der Waals surface area contributed by atoms with Gasteiger partial charge in [0, 0.05) is 23.5 Å². The molecular weight excluding hydrogens is 486 g/mol. The van der Waals surface area contributed by atoms with Gasteiger partial charge < -0.3 is 20.1 Å². The minimum atomic E-state index is -1.20. The minimum Gasteiger partial charge on any atom is -0.468 e. The largest absolute Gasteiger partial charge is 0.468 e. The van der Waals surface area contributed by atoms with E-state index in [1.807, 2.05) is 6.07 Å². The Morgan fingerprint density at radius 3 is 2.90 bits per heavy atom. The zero-order valence-electron chi connectivity index (χ0n) is 16.9. The van der Waals surface area contributed by atoms with Crippen molar-refractivity contribution in [3.63, 3.8) is 0 Å². The summed E-state index contributed by atoms with van der Waals surface area (Å²) in [6.07, 6.45) is 1.92. The molecule has 1 aromatic rings. The Morgan fingerprint density at radius 2 is 2.26 bits per heavy atom. The van der Waals surface area contributed by atoms with Crippen LogP contribution in [0.5, 0.6) is 0 Å². The maximum absolute atomic E-state index is 12.8. The Morgan fingerprint density at radius 1 is 1.45 bits per heavy atom. The molecule has 2 aliphatic rings. The molecule has 10 heteroatoms. The second-order valence-corrected chi connectivity index (χ2v) is 9.01. The van der Waals surface area contributed by atoms with Crippen LogP contribution in [-0.4, -0.2) is 49.9 Å². The summed E-state index contributed by atoms with van der Waals surface area (Å²) >= 11 is 4.44. The molecule has 3 rings (SSSR count). The van der Waals surface area contributed by atoms with Gasteiger partial charge in [-0.2, -0.15) is 5.26 Å². The third-order valence-electron chi connectivity index (χ3n) is 5.09. The van der Waals surface area contributed by atoms with Gasteiger partial charge in [0.1, 0.15) is 5.92 Å². The number of nitrogens with zero attached hydrogens (tertiary/aromatic N) is 1. The van der Waals surface area contributed by atoms with Crippen LogP contribution in [0.4, 0.5) is 0 Å². The molecule has 1 fully saturated rings. The summed E-state index contributed by atoms with van der Waals surface area (Å²) in [5.74, 6) is -3.53. The first-order valence-electron chi connectivity index (χ1n) is 9.74. The number of carbonyl (C=O) groups is 3. The van der Waals surface area contributed by atoms with Gasteiger partial charge in [-0.15, -0.1) is 0 Å². The van der Waals surface area contributed by atoms with E-state index in [2.05, 4.69) is 32.6 Å². The highest BCUT2D eigenvalue weighted by atomic mass is 79.9. The molecule has 0 aromatic heterocycles. The zero-order chi connectivity index (χ0) is 22.4. The molecule has 164 valence electrons. The average Bonchev–Trinajstić information content (AvgIpc) is 3.29. The highest BCUT2D eigenvalue weighted by molar-refractivity contribution is 9.10. The summed E-state index contributed by atoms with van der Waals surface area (Å²) in [5.41, 5.74) is 0.835. The first kappa shape index (κ1) is 23.3. The van der Waals surface area contributed by atoms with Crippen LogP contribution in [0, 0.1) is 17.2 Å². The number of hydrogen-bond donors (Lipinski definition) is 2. The van der Waals surface area contributed by atoms with Gasteiger partial charge in [0.2, 0.25) is 11.8 Å². The predicted octanol–water partition coefficient (Wildman–Crippen LogP) is 2.22. The second-order valence-electron chi connectivity index (χ2n) is 7.11. The van der Waals surface area contributed by atoms with Crippen LogP contribution in [0.1, 0.15) is 24.3 Å². The van der Waals surface area contributed by atoms with Gasteiger partial charge in [-0.05, 0) is 30.5 Å². The van der Waals surface area contributed by atoms with Crippen molar-refractivity contribution in [3.8, 4) is 6.07 Å². The monoisotopic (exact) mass is 507 g/mol. The van der Waals surface area contributed by atoms with E-state index in [9.17, 15) is 19.6 Å². The maximum atomic E-state index is 12.8. The highest BCUT2D eigenvalue weighted by Crippen LogP contribution is 2.40. The van der Waals surface area contributed by atoms with Gasteiger partial charge >= 0.3 is 5.97 Å². The fourth-order valence-corrected chi connectivity index (χ4v) is 4.90. The van der Waals surface area contributed by atoms with Crippen LogP contribution in [0.25, 0.3) is 0 Å². The van der Waals surface area contributed by atoms with Crippen molar-refractivity contribution in [1.82, 2.24) is 10.6 Å². The SMILES string of the molecule is COC(=O)[C@@H]1C(=O)NC(SCC(=O)NC[C@@H]2CCCO2)=C(C#N)[C@@H]1c1cccc(Br)c1. The van der Waals surface area contributed by atoms with Gasteiger partial charge in [0.05, 0.1) is 35.6 Å². The molecule has 2 N–H and O–H groups in total. The molecule has 2 aliphatic heterocycles. The quantitative estimate of drug-likeness (QED) is 0.429. The number of nitrogens with one attached hydrogen (secondary N) is 2. The lowest BCUT2D eigenvalue weighted by Gasteiger charge is -2.31. The van der Waals surface area contributed by atoms with Crippen molar-refractivity contribution in [1.29, 1.82) is 5.26 Å². The van der Waals surface area contributed by atoms with Crippen molar-refractivity contribution in [2.24, 2.45) is 5.92 Å². The van der Waals surface area contributed by atoms with Crippen LogP contribution in [-0.2, 0) is 23.9 Å². The number of nitriles is 1. The highest BCUT2D eigenvalue weighted by Gasteiger charge is 2.44. The molecule has 0 saturated carbocycles. The van der Waals surface area contributed by atoms with Gasteiger partial charge in [-0.3, -0.25) is 14.4 Å². The van der Waals surface area contributed by atoms with Gasteiger partial charge in [-0.25, -0.2) is 0 Å². The average molecular weight is 508 g/mol. The third-order valence-corrected chi connectivity index (χ3v) is 6.60. The molecule has 0 aliphatic carbocycles. The number of halogens is 1. The molecule has 0 unspecified atom stereocenters. The summed E-state index contributed by atoms with van der Waals surface area (Å²) in [7, 11) is 1.20. The fraction of sp³-hybridized carbons (Fsp3) is 0.429. The van der Waals surface area contributed by atoms with E-state index in [1.165, 1.54) is 7.11 Å². The molecule has 0 bridgehead atoms. The van der Waals surface area contributed by atoms with Crippen molar-refractivity contribution in [3.05, 3.63) is 44.9 Å². The Bertz CT molecular complexity index is 939. The molecular formula is C21H22BrN3O5S. The Balaban J connectivity index is 1.82. The van der Waals surface area contributed by atoms with E-state index in [-0.39, 0.29) is 28.4 Å². The topological polar surface area (TPSA) is 118 Å². The van der Waals surface area contributed by atoms with E-state index < -0.39 is 23.7 Å². The number of thioether (sulfide) groups is 1. The lowest BCUT2D eigenvalue weighted by molar-refractivity contribution is -0.150. The molecule has 0 radical (unpaired) electrons. The molecule has 3 atom stereocenters. The number of hydrogen-bond acceptors (Lipinski definition) is 7. The third kappa shape index (κ3) is 5.67. The van der Waals surface area contributed by atoms with Crippen LogP contribution < -0.4 is 10.6 Å². The molecule has 2 amide bonds. The smallest absolute Gasteiger partial charge is 0.319 e. The van der Waals surface area contributed by atoms with Gasteiger partial charge in [-0.1, -0.05) is 39.8 Å². The number of ether oxygens (including phenoxy) is 2. The summed E-state index contributed by atoms with van der Waals surface area (Å²) in [6, 6.07) is 9.20. The number of amides is 2. The first-order chi connectivity index (χ1) is 14.9. The number of carbonyl (C=O) groups excluding carboxylic acids is 3. The zero-order valence-corrected chi connectivity index (χ0v) is 19.3. The fourth-order valence-electron chi connectivity index (χ4n) is 3.60. The van der Waals surface area contributed by atoms with E-state index in [0.717, 1.165) is 29.1 Å². The molecule has 1 saturated heterocycles. The first-order valence-corrected chi connectivity index (χ1v) is 11.5. The molecule has 2 heterocycles. The van der Waals surface area contributed by atoms with E-state index >= 15 is 0 Å². The van der Waals surface area contributed by atoms with E-state index in [0.29, 0.717) is 18.7 Å². The minimum absolute atomic E-state index is 0.0155. The van der Waals surface area contributed by atoms with Crippen LogP contribution in [0.3, 0.4) is 0 Å². The molecule has 31 heavy (non-hydrogen) atoms. The number of esters is 1. The molecule has 1 aromatic carbocycles. The number of allylic oxidation sites excluding steroid dienone is 1. The molecule has 0 spiro atoms. The molecule has 8 nitrogen and oxygen atoms in total. The Labute approximate surface area is 192 Å². The standard InChI is InChI=1S/C21H22BrN3O5S/c1-29-21(28)18-17(12-4-2-5-13(22)8-12)15(9-23)20(25-19(18)27)31-11-16(26)24-10-14-6-3-7-30-14/h2,4-5,8,14,17-18H,3,6-7,10-11H2,1H3,(H,24,26)(H,25,27)/t14-,17-,18-/m0/s1. The van der Waals surface area contributed by atoms with Gasteiger partial charge in [0.15, 0.2) is 0 Å². The lowest BCUT2D eigenvalue weighted by atomic mass is 9.78. The summed E-state index contributed by atoms with van der Waals surface area (Å²) in [6.45, 7) is 1.14. The van der Waals surface area contributed by atoms with Gasteiger partial charge in [0.25, 0.3) is 0 Å². The van der Waals surface area contributed by atoms with E-state index in [4.69, 9.17) is 9.47 Å². The summed E-state index contributed by atoms with van der Waals surface area (Å²) < 4.78 is 11.1. The predicted molar refractivity (Wildman–Crippen MR) is 118 cm³/mol. The van der Waals surface area contributed by atoms with Crippen LogP contribution in [0.2, 0.25) is 0 Å². The van der Waals surface area contributed by atoms with Crippen molar-refractivity contribution >= 4 is 45.5 Å². The van der Waals surface area contributed by atoms with Crippen molar-refractivity contribution in [2.45, 2.75) is 24.9 Å². The summed E-state index contributed by atoms with van der Waals surface area (Å²) in [4.78, 5) is 37.4. The van der Waals surface area contributed by atoms with Crippen LogP contribution >= 0.6 is 27.7 Å². The lowest BCUT2D eigenvalue weighted by Crippen LogP contribution is -2.44. The summed E-state index contributed by atoms with van der Waals surface area (Å²) in [5, 5.41) is 15.6. The second kappa shape index (κ2) is 10.8. The number of rotatable bonds is 7. The normalized spacial score (nSPS) is 23.1. The maximum Gasteiger partial charge on any atom is 0.319 e. The Hall–Kier alpha value is -2.35. The van der Waals surface area contributed by atoms with Crippen molar-refractivity contribution < 1.29 is 23.9 Å². The Kier molecular flexibility index (Phi) is 8.12. The van der Waals surface area contributed by atoms with Crippen LogP contribution in [0.15, 0.2) is 39.3 Å². The van der Waals surface area contributed by atoms with E-state index in [1.54, 1.807) is 18.2 Å².